The summed E-state index contributed by atoms with van der Waals surface area (Å²) in [4.78, 5) is 24.2. The molecule has 0 aliphatic heterocycles. The Kier molecular flexibility index (Phi) is 18.7. The van der Waals surface area contributed by atoms with E-state index in [2.05, 4.69) is 13.8 Å². The zero-order chi connectivity index (χ0) is 23.8. The van der Waals surface area contributed by atoms with E-state index in [0.29, 0.717) is 12.8 Å². The SMILES string of the molecule is CCCCCCCCOC(=O)c1cc(C(=O)OCCCCCCCC)cc(S(=O)(=O)O)c1.[BaH2]. The van der Waals surface area contributed by atoms with Crippen LogP contribution in [-0.4, -0.2) is 87.0 Å². The molecule has 7 nitrogen and oxygen atoms in total. The molecule has 1 aromatic rings. The molecule has 0 aromatic heterocycles. The summed E-state index contributed by atoms with van der Waals surface area (Å²) in [5.74, 6) is -1.48. The fourth-order valence-electron chi connectivity index (χ4n) is 3.24. The molecule has 0 bridgehead atoms. The normalized spacial score (nSPS) is 11.0. The summed E-state index contributed by atoms with van der Waals surface area (Å²) in [5, 5.41) is 0. The summed E-state index contributed by atoms with van der Waals surface area (Å²) >= 11 is 0. The molecule has 0 atom stereocenters. The van der Waals surface area contributed by atoms with Crippen molar-refractivity contribution in [2.45, 2.75) is 95.8 Å². The van der Waals surface area contributed by atoms with Crippen LogP contribution < -0.4 is 0 Å². The number of ether oxygens (including phenoxy) is 2. The van der Waals surface area contributed by atoms with Crippen molar-refractivity contribution in [3.05, 3.63) is 29.3 Å². The van der Waals surface area contributed by atoms with Crippen molar-refractivity contribution >= 4 is 70.9 Å². The van der Waals surface area contributed by atoms with Gasteiger partial charge in [0.2, 0.25) is 0 Å². The second-order valence-electron chi connectivity index (χ2n) is 8.03. The fourth-order valence-corrected chi connectivity index (χ4v) is 3.80. The third-order valence-corrected chi connectivity index (χ3v) is 5.97. The van der Waals surface area contributed by atoms with E-state index < -0.39 is 27.0 Å². The van der Waals surface area contributed by atoms with Gasteiger partial charge in [0.25, 0.3) is 10.1 Å². The molecule has 1 rings (SSSR count). The first kappa shape index (κ1) is 32.6. The van der Waals surface area contributed by atoms with Crippen molar-refractivity contribution in [2.75, 3.05) is 13.2 Å². The molecular formula is C24H40BaO7S. The van der Waals surface area contributed by atoms with Gasteiger partial charge < -0.3 is 9.47 Å². The van der Waals surface area contributed by atoms with Gasteiger partial charge in [-0.05, 0) is 31.0 Å². The summed E-state index contributed by atoms with van der Waals surface area (Å²) in [7, 11) is -4.61. The van der Waals surface area contributed by atoms with Gasteiger partial charge >= 0.3 is 60.8 Å². The topological polar surface area (TPSA) is 107 Å². The molecule has 0 heterocycles. The first-order valence-corrected chi connectivity index (χ1v) is 13.2. The zero-order valence-electron chi connectivity index (χ0n) is 19.4. The number of carbonyl (C=O) groups excluding carboxylic acids is 2. The Morgan fingerprint density at radius 3 is 1.42 bits per heavy atom. The monoisotopic (exact) mass is 610 g/mol. The minimum atomic E-state index is -4.61. The Labute approximate surface area is 239 Å². The van der Waals surface area contributed by atoms with E-state index in [1.54, 1.807) is 0 Å². The Hall–Kier alpha value is -0.359. The molecule has 0 amide bonds. The van der Waals surface area contributed by atoms with E-state index in [0.717, 1.165) is 63.5 Å². The van der Waals surface area contributed by atoms with Gasteiger partial charge in [0, 0.05) is 0 Å². The zero-order valence-corrected chi connectivity index (χ0v) is 20.3. The number of benzene rings is 1. The fraction of sp³-hybridized carbons (Fsp3) is 0.667. The van der Waals surface area contributed by atoms with Crippen LogP contribution in [0.5, 0.6) is 0 Å². The van der Waals surface area contributed by atoms with Crippen LogP contribution >= 0.6 is 0 Å². The summed E-state index contributed by atoms with van der Waals surface area (Å²) in [6, 6.07) is 3.24. The van der Waals surface area contributed by atoms with Crippen molar-refractivity contribution in [1.29, 1.82) is 0 Å². The average Bonchev–Trinajstić information content (AvgIpc) is 2.76. The van der Waals surface area contributed by atoms with Crippen LogP contribution in [0, 0.1) is 0 Å². The van der Waals surface area contributed by atoms with Crippen LogP contribution in [0.1, 0.15) is 112 Å². The van der Waals surface area contributed by atoms with Crippen LogP contribution in [0.15, 0.2) is 23.1 Å². The number of esters is 2. The Morgan fingerprint density at radius 2 is 1.06 bits per heavy atom. The van der Waals surface area contributed by atoms with E-state index in [-0.39, 0.29) is 73.2 Å². The number of hydrogen-bond acceptors (Lipinski definition) is 6. The standard InChI is InChI=1S/C24H38O7S.Ba.2H/c1-3-5-7-9-11-13-15-30-23(25)20-17-21(19-22(18-20)32(27,28)29)24(26)31-16-14-12-10-8-6-4-2;;;/h17-19H,3-16H2,1-2H3,(H,27,28,29);;;. The first-order valence-electron chi connectivity index (χ1n) is 11.8. The van der Waals surface area contributed by atoms with Gasteiger partial charge in [-0.15, -0.1) is 0 Å². The number of hydrogen-bond donors (Lipinski definition) is 1. The molecule has 0 saturated carbocycles. The van der Waals surface area contributed by atoms with Crippen LogP contribution in [-0.2, 0) is 19.6 Å². The van der Waals surface area contributed by atoms with Gasteiger partial charge in [-0.2, -0.15) is 8.42 Å². The van der Waals surface area contributed by atoms with Gasteiger partial charge in [0.15, 0.2) is 0 Å². The molecule has 186 valence electrons. The molecular weight excluding hydrogens is 570 g/mol. The number of unbranched alkanes of at least 4 members (excludes halogenated alkanes) is 10. The van der Waals surface area contributed by atoms with E-state index in [1.807, 2.05) is 0 Å². The molecule has 0 aliphatic carbocycles. The summed E-state index contributed by atoms with van der Waals surface area (Å²) < 4.78 is 43.0. The average molecular weight is 610 g/mol. The van der Waals surface area contributed by atoms with Crippen molar-refractivity contribution in [2.24, 2.45) is 0 Å². The Balaban J connectivity index is 0.0000102. The van der Waals surface area contributed by atoms with Crippen LogP contribution in [0.2, 0.25) is 0 Å². The van der Waals surface area contributed by atoms with Gasteiger partial charge in [0.1, 0.15) is 0 Å². The van der Waals surface area contributed by atoms with E-state index in [9.17, 15) is 22.6 Å². The second-order valence-corrected chi connectivity index (χ2v) is 9.45. The molecule has 9 heteroatoms. The molecule has 33 heavy (non-hydrogen) atoms. The number of carbonyl (C=O) groups is 2. The maximum absolute atomic E-state index is 12.4. The molecule has 0 aliphatic rings. The molecule has 0 saturated heterocycles. The van der Waals surface area contributed by atoms with Gasteiger partial charge in [-0.25, -0.2) is 9.59 Å². The van der Waals surface area contributed by atoms with Crippen molar-refractivity contribution in [3.8, 4) is 0 Å². The molecule has 0 unspecified atom stereocenters. The molecule has 0 fully saturated rings. The van der Waals surface area contributed by atoms with Crippen molar-refractivity contribution < 1.29 is 32.0 Å². The van der Waals surface area contributed by atoms with Gasteiger partial charge in [-0.1, -0.05) is 78.1 Å². The predicted octanol–water partition coefficient (Wildman–Crippen LogP) is 5.05. The predicted molar refractivity (Wildman–Crippen MR) is 132 cm³/mol. The molecule has 0 radical (unpaired) electrons. The van der Waals surface area contributed by atoms with E-state index >= 15 is 0 Å². The second kappa shape index (κ2) is 18.9. The van der Waals surface area contributed by atoms with Crippen molar-refractivity contribution in [3.63, 3.8) is 0 Å². The van der Waals surface area contributed by atoms with Gasteiger partial charge in [-0.3, -0.25) is 4.55 Å². The summed E-state index contributed by atoms with van der Waals surface area (Å²) in [5.41, 5.74) is -0.227. The minimum absolute atomic E-state index is 0. The van der Waals surface area contributed by atoms with Gasteiger partial charge in [0.05, 0.1) is 29.2 Å². The third kappa shape index (κ3) is 14.6. The number of rotatable bonds is 17. The molecule has 0 spiro atoms. The van der Waals surface area contributed by atoms with Crippen LogP contribution in [0.25, 0.3) is 0 Å². The summed E-state index contributed by atoms with van der Waals surface area (Å²) in [6.07, 6.45) is 12.4. The third-order valence-electron chi connectivity index (χ3n) is 5.14. The molecule has 1 N–H and O–H groups in total. The first-order chi connectivity index (χ1) is 15.3. The maximum atomic E-state index is 12.4. The summed E-state index contributed by atoms with van der Waals surface area (Å²) in [6.45, 7) is 4.69. The molecule has 1 aromatic carbocycles. The van der Waals surface area contributed by atoms with Crippen LogP contribution in [0.4, 0.5) is 0 Å². The van der Waals surface area contributed by atoms with Crippen LogP contribution in [0.3, 0.4) is 0 Å². The van der Waals surface area contributed by atoms with E-state index in [1.165, 1.54) is 18.9 Å². The Bertz CT molecular complexity index is 761. The van der Waals surface area contributed by atoms with E-state index in [4.69, 9.17) is 9.47 Å². The Morgan fingerprint density at radius 1 is 0.697 bits per heavy atom. The van der Waals surface area contributed by atoms with Crippen molar-refractivity contribution in [1.82, 2.24) is 0 Å². The quantitative estimate of drug-likeness (QED) is 0.114.